The molecule has 1 heterocycles. The average Bonchev–Trinajstić information content (AvgIpc) is 2.98. The summed E-state index contributed by atoms with van der Waals surface area (Å²) < 4.78 is 5.22. The lowest BCUT2D eigenvalue weighted by Gasteiger charge is -2.19. The van der Waals surface area contributed by atoms with E-state index >= 15 is 0 Å². The molecule has 0 aliphatic heterocycles. The molecule has 5 heteroatoms. The molecule has 0 aliphatic rings. The first-order valence-corrected chi connectivity index (χ1v) is 7.15. The molecule has 0 fully saturated rings. The van der Waals surface area contributed by atoms with Gasteiger partial charge in [-0.05, 0) is 30.2 Å². The van der Waals surface area contributed by atoms with Crippen LogP contribution in [0.25, 0.3) is 0 Å². The van der Waals surface area contributed by atoms with Gasteiger partial charge in [0.1, 0.15) is 5.76 Å². The zero-order valence-corrected chi connectivity index (χ0v) is 12.8. The van der Waals surface area contributed by atoms with Crippen LogP contribution in [0, 0.1) is 6.92 Å². The Hall–Kier alpha value is -2.56. The first-order chi connectivity index (χ1) is 10.6. The number of carbonyl (C=O) groups is 2. The number of carbonyl (C=O) groups excluding carboxylic acids is 2. The van der Waals surface area contributed by atoms with Crippen LogP contribution < -0.4 is 5.32 Å². The molecule has 2 amide bonds. The van der Waals surface area contributed by atoms with Crippen LogP contribution in [-0.2, 0) is 22.7 Å². The van der Waals surface area contributed by atoms with Crippen molar-refractivity contribution in [2.75, 3.05) is 6.54 Å². The summed E-state index contributed by atoms with van der Waals surface area (Å²) in [5.74, 6) is 0.300. The number of hydrogen-bond donors (Lipinski definition) is 1. The highest BCUT2D eigenvalue weighted by atomic mass is 16.3. The Morgan fingerprint density at radius 2 is 1.95 bits per heavy atom. The first kappa shape index (κ1) is 15.8. The Morgan fingerprint density at radius 1 is 1.18 bits per heavy atom. The molecule has 2 rings (SSSR count). The lowest BCUT2D eigenvalue weighted by molar-refractivity contribution is -0.135. The van der Waals surface area contributed by atoms with Crippen molar-refractivity contribution >= 4 is 11.8 Å². The summed E-state index contributed by atoms with van der Waals surface area (Å²) in [5.41, 5.74) is 2.19. The van der Waals surface area contributed by atoms with Crippen LogP contribution in [0.5, 0.6) is 0 Å². The van der Waals surface area contributed by atoms with E-state index in [1.165, 1.54) is 11.8 Å². The van der Waals surface area contributed by atoms with Crippen LogP contribution in [0.1, 0.15) is 23.8 Å². The van der Waals surface area contributed by atoms with Crippen LogP contribution in [-0.4, -0.2) is 23.3 Å². The highest BCUT2D eigenvalue weighted by Gasteiger charge is 2.15. The highest BCUT2D eigenvalue weighted by molar-refractivity contribution is 5.83. The molecule has 22 heavy (non-hydrogen) atoms. The van der Waals surface area contributed by atoms with Gasteiger partial charge in [0.25, 0.3) is 0 Å². The van der Waals surface area contributed by atoms with Crippen molar-refractivity contribution in [3.8, 4) is 0 Å². The zero-order valence-electron chi connectivity index (χ0n) is 12.8. The van der Waals surface area contributed by atoms with E-state index in [1.807, 2.05) is 31.2 Å². The van der Waals surface area contributed by atoms with Crippen molar-refractivity contribution in [3.05, 3.63) is 59.5 Å². The summed E-state index contributed by atoms with van der Waals surface area (Å²) in [5, 5.41) is 2.84. The molecule has 1 N–H and O–H groups in total. The van der Waals surface area contributed by atoms with Crippen molar-refractivity contribution in [2.45, 2.75) is 26.9 Å². The van der Waals surface area contributed by atoms with Gasteiger partial charge in [0.2, 0.25) is 11.8 Å². The third-order valence-electron chi connectivity index (χ3n) is 3.44. The second-order valence-electron chi connectivity index (χ2n) is 5.16. The van der Waals surface area contributed by atoms with Crippen molar-refractivity contribution in [3.63, 3.8) is 0 Å². The van der Waals surface area contributed by atoms with Crippen LogP contribution >= 0.6 is 0 Å². The Bertz CT molecular complexity index is 635. The second-order valence-corrected chi connectivity index (χ2v) is 5.16. The third-order valence-corrected chi connectivity index (χ3v) is 3.44. The van der Waals surface area contributed by atoms with E-state index in [0.29, 0.717) is 18.8 Å². The lowest BCUT2D eigenvalue weighted by atomic mass is 10.1. The van der Waals surface area contributed by atoms with Gasteiger partial charge in [-0.3, -0.25) is 9.59 Å². The van der Waals surface area contributed by atoms with E-state index in [-0.39, 0.29) is 18.4 Å². The van der Waals surface area contributed by atoms with Gasteiger partial charge >= 0.3 is 0 Å². The molecule has 0 atom stereocenters. The SMILES string of the molecule is CC(=O)N(CC(=O)NCc1ccccc1C)Cc1ccco1. The number of benzene rings is 1. The van der Waals surface area contributed by atoms with E-state index in [1.54, 1.807) is 18.4 Å². The molecular formula is C17H20N2O3. The maximum absolute atomic E-state index is 12.0. The lowest BCUT2D eigenvalue weighted by Crippen LogP contribution is -2.39. The molecule has 0 radical (unpaired) electrons. The van der Waals surface area contributed by atoms with E-state index in [0.717, 1.165) is 11.1 Å². The van der Waals surface area contributed by atoms with E-state index < -0.39 is 0 Å². The van der Waals surface area contributed by atoms with E-state index in [4.69, 9.17) is 4.42 Å². The fraction of sp³-hybridized carbons (Fsp3) is 0.294. The largest absolute Gasteiger partial charge is 0.467 e. The van der Waals surface area contributed by atoms with Gasteiger partial charge in [0.05, 0.1) is 19.4 Å². The topological polar surface area (TPSA) is 62.6 Å². The van der Waals surface area contributed by atoms with Crippen molar-refractivity contribution in [1.29, 1.82) is 0 Å². The Balaban J connectivity index is 1.88. The predicted octanol–water partition coefficient (Wildman–Crippen LogP) is 2.25. The minimum atomic E-state index is -0.190. The molecule has 0 saturated carbocycles. The standard InChI is InChI=1S/C17H20N2O3/c1-13-6-3-4-7-15(13)10-18-17(21)12-19(14(2)20)11-16-8-5-9-22-16/h3-9H,10-12H2,1-2H3,(H,18,21). The molecule has 0 spiro atoms. The van der Waals surface area contributed by atoms with Crippen molar-refractivity contribution in [1.82, 2.24) is 10.2 Å². The molecule has 0 unspecified atom stereocenters. The van der Waals surface area contributed by atoms with Gasteiger partial charge in [-0.25, -0.2) is 0 Å². The molecule has 0 aliphatic carbocycles. The van der Waals surface area contributed by atoms with Gasteiger partial charge in [-0.2, -0.15) is 0 Å². The molecule has 0 saturated heterocycles. The number of furan rings is 1. The molecule has 2 aromatic rings. The monoisotopic (exact) mass is 300 g/mol. The maximum atomic E-state index is 12.0. The fourth-order valence-corrected chi connectivity index (χ4v) is 2.10. The number of aryl methyl sites for hydroxylation is 1. The Labute approximate surface area is 129 Å². The number of rotatable bonds is 6. The quantitative estimate of drug-likeness (QED) is 0.890. The summed E-state index contributed by atoms with van der Waals surface area (Å²) in [6.45, 7) is 4.21. The van der Waals surface area contributed by atoms with Crippen molar-refractivity contribution < 1.29 is 14.0 Å². The third kappa shape index (κ3) is 4.48. The van der Waals surface area contributed by atoms with E-state index in [9.17, 15) is 9.59 Å². The summed E-state index contributed by atoms with van der Waals surface area (Å²) in [7, 11) is 0. The average molecular weight is 300 g/mol. The fourth-order valence-electron chi connectivity index (χ4n) is 2.10. The highest BCUT2D eigenvalue weighted by Crippen LogP contribution is 2.07. The molecule has 1 aromatic heterocycles. The van der Waals surface area contributed by atoms with Crippen LogP contribution in [0.15, 0.2) is 47.1 Å². The molecule has 0 bridgehead atoms. The van der Waals surface area contributed by atoms with Crippen LogP contribution in [0.3, 0.4) is 0 Å². The number of hydrogen-bond acceptors (Lipinski definition) is 3. The van der Waals surface area contributed by atoms with Crippen LogP contribution in [0.4, 0.5) is 0 Å². The summed E-state index contributed by atoms with van der Waals surface area (Å²) in [6, 6.07) is 11.4. The number of nitrogens with zero attached hydrogens (tertiary/aromatic N) is 1. The normalized spacial score (nSPS) is 10.3. The summed E-state index contributed by atoms with van der Waals surface area (Å²) >= 11 is 0. The summed E-state index contributed by atoms with van der Waals surface area (Å²) in [4.78, 5) is 25.1. The molecule has 5 nitrogen and oxygen atoms in total. The van der Waals surface area contributed by atoms with Gasteiger partial charge in [0, 0.05) is 13.5 Å². The molecular weight excluding hydrogens is 280 g/mol. The summed E-state index contributed by atoms with van der Waals surface area (Å²) in [6.07, 6.45) is 1.55. The predicted molar refractivity (Wildman–Crippen MR) is 82.8 cm³/mol. The Kier molecular flexibility index (Phi) is 5.36. The zero-order chi connectivity index (χ0) is 15.9. The minimum absolute atomic E-state index is 0.0158. The van der Waals surface area contributed by atoms with E-state index in [2.05, 4.69) is 5.32 Å². The molecule has 116 valence electrons. The van der Waals surface area contributed by atoms with Crippen LogP contribution in [0.2, 0.25) is 0 Å². The van der Waals surface area contributed by atoms with Gasteiger partial charge in [0.15, 0.2) is 0 Å². The first-order valence-electron chi connectivity index (χ1n) is 7.15. The minimum Gasteiger partial charge on any atom is -0.467 e. The number of nitrogens with one attached hydrogen (secondary N) is 1. The smallest absolute Gasteiger partial charge is 0.239 e. The van der Waals surface area contributed by atoms with Gasteiger partial charge in [-0.1, -0.05) is 24.3 Å². The Morgan fingerprint density at radius 3 is 2.59 bits per heavy atom. The molecule has 1 aromatic carbocycles. The number of amides is 2. The maximum Gasteiger partial charge on any atom is 0.239 e. The van der Waals surface area contributed by atoms with Gasteiger partial charge < -0.3 is 14.6 Å². The van der Waals surface area contributed by atoms with Crippen molar-refractivity contribution in [2.24, 2.45) is 0 Å². The van der Waals surface area contributed by atoms with Gasteiger partial charge in [-0.15, -0.1) is 0 Å². The second kappa shape index (κ2) is 7.45.